The average Bonchev–Trinajstić information content (AvgIpc) is 2.78. The molecule has 3 nitrogen and oxygen atoms in total. The van der Waals surface area contributed by atoms with E-state index in [1.807, 2.05) is 24.5 Å². The molecule has 0 saturated heterocycles. The molecule has 0 fully saturated rings. The monoisotopic (exact) mass is 283 g/mol. The van der Waals surface area contributed by atoms with Crippen LogP contribution >= 0.6 is 23.2 Å². The molecule has 0 bridgehead atoms. The third kappa shape index (κ3) is 3.25. The van der Waals surface area contributed by atoms with Gasteiger partial charge in [0.15, 0.2) is 0 Å². The lowest BCUT2D eigenvalue weighted by molar-refractivity contribution is 0.716. The van der Waals surface area contributed by atoms with Gasteiger partial charge in [-0.1, -0.05) is 30.1 Å². The van der Waals surface area contributed by atoms with Gasteiger partial charge < -0.3 is 5.32 Å². The second-order valence-electron chi connectivity index (χ2n) is 3.99. The second kappa shape index (κ2) is 6.23. The van der Waals surface area contributed by atoms with Crippen LogP contribution in [0.5, 0.6) is 0 Å². The van der Waals surface area contributed by atoms with Crippen molar-refractivity contribution in [2.45, 2.75) is 13.3 Å². The molecule has 0 atom stereocenters. The van der Waals surface area contributed by atoms with Crippen molar-refractivity contribution in [2.24, 2.45) is 0 Å². The molecule has 0 spiro atoms. The summed E-state index contributed by atoms with van der Waals surface area (Å²) < 4.78 is 1.78. The van der Waals surface area contributed by atoms with E-state index in [1.165, 1.54) is 5.56 Å². The van der Waals surface area contributed by atoms with Crippen LogP contribution in [0, 0.1) is 0 Å². The van der Waals surface area contributed by atoms with Crippen LogP contribution in [-0.2, 0) is 6.42 Å². The highest BCUT2D eigenvalue weighted by Gasteiger charge is 2.05. The molecule has 2 rings (SSSR count). The fourth-order valence-electron chi connectivity index (χ4n) is 1.70. The topological polar surface area (TPSA) is 29.9 Å². The van der Waals surface area contributed by atoms with Gasteiger partial charge in [-0.25, -0.2) is 4.68 Å². The summed E-state index contributed by atoms with van der Waals surface area (Å²) in [7, 11) is 0. The summed E-state index contributed by atoms with van der Waals surface area (Å²) in [5.74, 6) is 0. The molecule has 1 aromatic heterocycles. The fraction of sp³-hybridized carbons (Fsp3) is 0.308. The zero-order valence-electron chi connectivity index (χ0n) is 10.2. The Morgan fingerprint density at radius 1 is 1.33 bits per heavy atom. The molecule has 96 valence electrons. The Labute approximate surface area is 117 Å². The molecule has 0 unspecified atom stereocenters. The molecular weight excluding hydrogens is 269 g/mol. The Hall–Kier alpha value is -1.03. The van der Waals surface area contributed by atoms with Crippen LogP contribution in [0.25, 0.3) is 5.69 Å². The lowest BCUT2D eigenvalue weighted by atomic mass is 10.2. The standard InChI is InChI=1S/C13H15Cl2N3/c1-2-16-6-5-10-8-17-18(9-10)13-4-3-11(14)7-12(13)15/h3-4,7-9,16H,2,5-6H2,1H3. The molecule has 0 amide bonds. The maximum Gasteiger partial charge on any atom is 0.0832 e. The van der Waals surface area contributed by atoms with Gasteiger partial charge in [-0.3, -0.25) is 0 Å². The minimum atomic E-state index is 0.601. The lowest BCUT2D eigenvalue weighted by Gasteiger charge is -2.04. The molecule has 1 heterocycles. The lowest BCUT2D eigenvalue weighted by Crippen LogP contribution is -2.15. The SMILES string of the molecule is CCNCCc1cnn(-c2ccc(Cl)cc2Cl)c1. The van der Waals surface area contributed by atoms with E-state index in [0.29, 0.717) is 10.0 Å². The maximum atomic E-state index is 6.14. The van der Waals surface area contributed by atoms with Gasteiger partial charge >= 0.3 is 0 Å². The highest BCUT2D eigenvalue weighted by atomic mass is 35.5. The van der Waals surface area contributed by atoms with Crippen LogP contribution in [-0.4, -0.2) is 22.9 Å². The molecule has 2 aromatic rings. The largest absolute Gasteiger partial charge is 0.317 e. The van der Waals surface area contributed by atoms with Gasteiger partial charge in [-0.2, -0.15) is 5.10 Å². The third-order valence-corrected chi connectivity index (χ3v) is 3.17. The van der Waals surface area contributed by atoms with E-state index in [4.69, 9.17) is 23.2 Å². The number of halogens is 2. The molecule has 1 N–H and O–H groups in total. The molecule has 0 aliphatic rings. The van der Waals surface area contributed by atoms with Crippen molar-refractivity contribution in [2.75, 3.05) is 13.1 Å². The predicted molar refractivity (Wildman–Crippen MR) is 75.8 cm³/mol. The summed E-state index contributed by atoms with van der Waals surface area (Å²) >= 11 is 12.0. The first kappa shape index (κ1) is 13.4. The molecule has 0 saturated carbocycles. The van der Waals surface area contributed by atoms with Crippen LogP contribution in [0.15, 0.2) is 30.6 Å². The summed E-state index contributed by atoms with van der Waals surface area (Å²) in [6.07, 6.45) is 4.81. The van der Waals surface area contributed by atoms with Gasteiger partial charge in [0.1, 0.15) is 0 Å². The normalized spacial score (nSPS) is 10.8. The Morgan fingerprint density at radius 2 is 2.17 bits per heavy atom. The minimum Gasteiger partial charge on any atom is -0.317 e. The predicted octanol–water partition coefficient (Wildman–Crippen LogP) is 3.33. The first-order valence-corrected chi connectivity index (χ1v) is 6.66. The van der Waals surface area contributed by atoms with Crippen molar-refractivity contribution in [3.05, 3.63) is 46.2 Å². The number of benzene rings is 1. The van der Waals surface area contributed by atoms with Gasteiger partial charge in [-0.15, -0.1) is 0 Å². The summed E-state index contributed by atoms with van der Waals surface area (Å²) in [6.45, 7) is 4.03. The van der Waals surface area contributed by atoms with Crippen LogP contribution in [0.1, 0.15) is 12.5 Å². The number of aromatic nitrogens is 2. The van der Waals surface area contributed by atoms with E-state index < -0.39 is 0 Å². The molecule has 1 aromatic carbocycles. The molecule has 0 radical (unpaired) electrons. The number of rotatable bonds is 5. The smallest absolute Gasteiger partial charge is 0.0832 e. The van der Waals surface area contributed by atoms with E-state index >= 15 is 0 Å². The maximum absolute atomic E-state index is 6.14. The fourth-order valence-corrected chi connectivity index (χ4v) is 2.19. The van der Waals surface area contributed by atoms with Crippen LogP contribution in [0.3, 0.4) is 0 Å². The summed E-state index contributed by atoms with van der Waals surface area (Å²) in [4.78, 5) is 0. The molecule has 0 aliphatic carbocycles. The van der Waals surface area contributed by atoms with Crippen molar-refractivity contribution < 1.29 is 0 Å². The van der Waals surface area contributed by atoms with Crippen LogP contribution in [0.2, 0.25) is 10.0 Å². The van der Waals surface area contributed by atoms with Crippen molar-refractivity contribution in [1.82, 2.24) is 15.1 Å². The van der Waals surface area contributed by atoms with Crippen molar-refractivity contribution in [3.63, 3.8) is 0 Å². The molecule has 5 heteroatoms. The summed E-state index contributed by atoms with van der Waals surface area (Å²) in [5.41, 5.74) is 2.03. The number of likely N-dealkylation sites (N-methyl/N-ethyl adjacent to an activating group) is 1. The minimum absolute atomic E-state index is 0.601. The Kier molecular flexibility index (Phi) is 4.64. The zero-order valence-corrected chi connectivity index (χ0v) is 11.7. The van der Waals surface area contributed by atoms with Crippen molar-refractivity contribution in [1.29, 1.82) is 0 Å². The Morgan fingerprint density at radius 3 is 2.89 bits per heavy atom. The number of hydrogen-bond acceptors (Lipinski definition) is 2. The van der Waals surface area contributed by atoms with Crippen LogP contribution < -0.4 is 5.32 Å². The van der Waals surface area contributed by atoms with E-state index in [1.54, 1.807) is 10.7 Å². The second-order valence-corrected chi connectivity index (χ2v) is 4.84. The molecule has 18 heavy (non-hydrogen) atoms. The van der Waals surface area contributed by atoms with Gasteiger partial charge in [0.05, 0.1) is 16.9 Å². The highest BCUT2D eigenvalue weighted by molar-refractivity contribution is 6.35. The Bertz CT molecular complexity index is 523. The van der Waals surface area contributed by atoms with Crippen molar-refractivity contribution >= 4 is 23.2 Å². The Balaban J connectivity index is 2.13. The van der Waals surface area contributed by atoms with Gasteiger partial charge in [-0.05, 0) is 43.3 Å². The van der Waals surface area contributed by atoms with E-state index in [9.17, 15) is 0 Å². The first-order chi connectivity index (χ1) is 8.70. The van der Waals surface area contributed by atoms with Gasteiger partial charge in [0, 0.05) is 11.2 Å². The summed E-state index contributed by atoms with van der Waals surface area (Å²) in [5, 5.41) is 8.83. The van der Waals surface area contributed by atoms with Crippen molar-refractivity contribution in [3.8, 4) is 5.69 Å². The van der Waals surface area contributed by atoms with Gasteiger partial charge in [0.2, 0.25) is 0 Å². The number of nitrogens with one attached hydrogen (secondary N) is 1. The quantitative estimate of drug-likeness (QED) is 0.853. The molecular formula is C13H15Cl2N3. The van der Waals surface area contributed by atoms with E-state index in [0.717, 1.165) is 25.2 Å². The van der Waals surface area contributed by atoms with E-state index in [-0.39, 0.29) is 0 Å². The molecule has 0 aliphatic heterocycles. The summed E-state index contributed by atoms with van der Waals surface area (Å²) in [6, 6.07) is 5.40. The van der Waals surface area contributed by atoms with E-state index in [2.05, 4.69) is 17.3 Å². The average molecular weight is 284 g/mol. The first-order valence-electron chi connectivity index (χ1n) is 5.90. The number of nitrogens with zero attached hydrogens (tertiary/aromatic N) is 2. The third-order valence-electron chi connectivity index (χ3n) is 2.63. The highest BCUT2D eigenvalue weighted by Crippen LogP contribution is 2.24. The van der Waals surface area contributed by atoms with Crippen LogP contribution in [0.4, 0.5) is 0 Å². The van der Waals surface area contributed by atoms with Gasteiger partial charge in [0.25, 0.3) is 0 Å². The number of hydrogen-bond donors (Lipinski definition) is 1. The zero-order chi connectivity index (χ0) is 13.0.